The maximum atomic E-state index is 12.7. The van der Waals surface area contributed by atoms with Crippen molar-refractivity contribution in [3.05, 3.63) is 77.0 Å². The lowest BCUT2D eigenvalue weighted by molar-refractivity contribution is -0.0493. The van der Waals surface area contributed by atoms with E-state index in [9.17, 15) is 13.6 Å². The van der Waals surface area contributed by atoms with Crippen LogP contribution in [-0.2, 0) is 6.54 Å². The molecule has 164 valence electrons. The Hall–Kier alpha value is -3.66. The normalized spacial score (nSPS) is 11.0. The standard InChI is InChI=1S/C22H18BrF2N5O2/c23-14-4-5-19(32-21(24)25)17(11-14)29-22(31)28-16-2-1-3-18-15(16)7-9-30(18)12-13-6-8-27-20(26)10-13/h1-11,21H,12H2,(H2,26,27)(H2,28,29,31). The summed E-state index contributed by atoms with van der Waals surface area (Å²) in [5.41, 5.74) is 8.34. The Morgan fingerprint density at radius 3 is 2.72 bits per heavy atom. The largest absolute Gasteiger partial charge is 0.433 e. The van der Waals surface area contributed by atoms with Gasteiger partial charge in [0.1, 0.15) is 11.6 Å². The molecule has 0 saturated carbocycles. The molecule has 0 saturated heterocycles. The summed E-state index contributed by atoms with van der Waals surface area (Å²) >= 11 is 3.26. The molecule has 0 unspecified atom stereocenters. The lowest BCUT2D eigenvalue weighted by Gasteiger charge is -2.14. The van der Waals surface area contributed by atoms with Gasteiger partial charge in [-0.05, 0) is 54.1 Å². The molecule has 0 fully saturated rings. The number of nitrogens with two attached hydrogens (primary N) is 1. The first-order valence-corrected chi connectivity index (χ1v) is 10.3. The predicted octanol–water partition coefficient (Wildman–Crippen LogP) is 5.67. The first-order chi connectivity index (χ1) is 15.4. The molecule has 2 aromatic carbocycles. The number of ether oxygens (including phenoxy) is 1. The minimum absolute atomic E-state index is 0.109. The number of carbonyl (C=O) groups is 1. The van der Waals surface area contributed by atoms with Gasteiger partial charge in [-0.25, -0.2) is 9.78 Å². The van der Waals surface area contributed by atoms with Crippen LogP contribution in [0.5, 0.6) is 5.75 Å². The first kappa shape index (κ1) is 21.6. The van der Waals surface area contributed by atoms with Crippen LogP contribution in [-0.4, -0.2) is 22.2 Å². The fraction of sp³-hybridized carbons (Fsp3) is 0.0909. The van der Waals surface area contributed by atoms with Crippen molar-refractivity contribution in [2.24, 2.45) is 0 Å². The van der Waals surface area contributed by atoms with E-state index in [1.165, 1.54) is 12.1 Å². The monoisotopic (exact) mass is 501 g/mol. The predicted molar refractivity (Wildman–Crippen MR) is 123 cm³/mol. The minimum atomic E-state index is -3.01. The number of nitrogens with zero attached hydrogens (tertiary/aromatic N) is 2. The van der Waals surface area contributed by atoms with Crippen molar-refractivity contribution < 1.29 is 18.3 Å². The topological polar surface area (TPSA) is 94.2 Å². The Bertz CT molecular complexity index is 1280. The number of carbonyl (C=O) groups excluding carboxylic acids is 1. The van der Waals surface area contributed by atoms with Gasteiger partial charge in [-0.3, -0.25) is 0 Å². The number of rotatable bonds is 6. The summed E-state index contributed by atoms with van der Waals surface area (Å²) in [6.07, 6.45) is 3.56. The molecule has 0 aliphatic rings. The van der Waals surface area contributed by atoms with Gasteiger partial charge in [0.15, 0.2) is 0 Å². The molecule has 7 nitrogen and oxygen atoms in total. The summed E-state index contributed by atoms with van der Waals surface area (Å²) in [5.74, 6) is 0.306. The summed E-state index contributed by atoms with van der Waals surface area (Å²) in [4.78, 5) is 16.6. The summed E-state index contributed by atoms with van der Waals surface area (Å²) in [6, 6.07) is 14.9. The molecular formula is C22H18BrF2N5O2. The zero-order valence-corrected chi connectivity index (χ0v) is 18.1. The highest BCUT2D eigenvalue weighted by Crippen LogP contribution is 2.30. The van der Waals surface area contributed by atoms with E-state index < -0.39 is 12.6 Å². The third-order valence-electron chi connectivity index (χ3n) is 4.67. The highest BCUT2D eigenvalue weighted by atomic mass is 79.9. The quantitative estimate of drug-likeness (QED) is 0.317. The van der Waals surface area contributed by atoms with E-state index in [-0.39, 0.29) is 11.4 Å². The smallest absolute Gasteiger partial charge is 0.387 e. The maximum Gasteiger partial charge on any atom is 0.387 e. The van der Waals surface area contributed by atoms with Crippen LogP contribution < -0.4 is 21.1 Å². The lowest BCUT2D eigenvalue weighted by Crippen LogP contribution is -2.20. The van der Waals surface area contributed by atoms with Gasteiger partial charge in [-0.15, -0.1) is 0 Å². The highest BCUT2D eigenvalue weighted by molar-refractivity contribution is 9.10. The number of hydrogen-bond acceptors (Lipinski definition) is 4. The van der Waals surface area contributed by atoms with Crippen LogP contribution in [0.1, 0.15) is 5.56 Å². The second kappa shape index (κ2) is 9.23. The van der Waals surface area contributed by atoms with Crippen molar-refractivity contribution in [2.45, 2.75) is 13.2 Å². The van der Waals surface area contributed by atoms with E-state index in [2.05, 4.69) is 36.3 Å². The second-order valence-corrected chi connectivity index (χ2v) is 7.78. The molecular weight excluding hydrogens is 484 g/mol. The molecule has 0 radical (unpaired) electrons. The summed E-state index contributed by atoms with van der Waals surface area (Å²) in [5, 5.41) is 6.15. The van der Waals surface area contributed by atoms with Gasteiger partial charge in [-0.2, -0.15) is 8.78 Å². The Labute approximate surface area is 190 Å². The number of fused-ring (bicyclic) bond motifs is 1. The number of anilines is 3. The van der Waals surface area contributed by atoms with Gasteiger partial charge in [-0.1, -0.05) is 22.0 Å². The highest BCUT2D eigenvalue weighted by Gasteiger charge is 2.14. The van der Waals surface area contributed by atoms with Crippen LogP contribution in [0.2, 0.25) is 0 Å². The molecule has 4 aromatic rings. The van der Waals surface area contributed by atoms with E-state index in [1.807, 2.05) is 35.0 Å². The minimum Gasteiger partial charge on any atom is -0.433 e. The van der Waals surface area contributed by atoms with Crippen molar-refractivity contribution in [3.63, 3.8) is 0 Å². The van der Waals surface area contributed by atoms with E-state index in [4.69, 9.17) is 5.73 Å². The third kappa shape index (κ3) is 4.97. The van der Waals surface area contributed by atoms with Crippen molar-refractivity contribution in [1.82, 2.24) is 9.55 Å². The second-order valence-electron chi connectivity index (χ2n) is 6.87. The van der Waals surface area contributed by atoms with E-state index >= 15 is 0 Å². The molecule has 10 heteroatoms. The molecule has 0 atom stereocenters. The zero-order chi connectivity index (χ0) is 22.7. The number of amides is 2. The van der Waals surface area contributed by atoms with E-state index in [1.54, 1.807) is 24.4 Å². The number of benzene rings is 2. The summed E-state index contributed by atoms with van der Waals surface area (Å²) in [7, 11) is 0. The van der Waals surface area contributed by atoms with Crippen LogP contribution in [0.25, 0.3) is 10.9 Å². The summed E-state index contributed by atoms with van der Waals surface area (Å²) < 4.78 is 32.4. The molecule has 2 aromatic heterocycles. The average Bonchev–Trinajstić information content (AvgIpc) is 3.14. The number of alkyl halides is 2. The van der Waals surface area contributed by atoms with Crippen molar-refractivity contribution in [1.29, 1.82) is 0 Å². The van der Waals surface area contributed by atoms with Gasteiger partial charge in [0.05, 0.1) is 16.9 Å². The van der Waals surface area contributed by atoms with Crippen LogP contribution in [0.3, 0.4) is 0 Å². The average molecular weight is 502 g/mol. The third-order valence-corrected chi connectivity index (χ3v) is 5.16. The van der Waals surface area contributed by atoms with E-state index in [0.717, 1.165) is 16.5 Å². The maximum absolute atomic E-state index is 12.7. The number of nitrogen functional groups attached to an aromatic ring is 1. The number of pyridine rings is 1. The molecule has 0 aliphatic heterocycles. The molecule has 4 N–H and O–H groups in total. The lowest BCUT2D eigenvalue weighted by atomic mass is 10.2. The molecule has 0 aliphatic carbocycles. The van der Waals surface area contributed by atoms with Gasteiger partial charge in [0.25, 0.3) is 0 Å². The Balaban J connectivity index is 1.54. The molecule has 4 rings (SSSR count). The number of nitrogens with one attached hydrogen (secondary N) is 2. The van der Waals surface area contributed by atoms with Gasteiger partial charge in [0.2, 0.25) is 0 Å². The Morgan fingerprint density at radius 1 is 1.12 bits per heavy atom. The Kier molecular flexibility index (Phi) is 6.22. The van der Waals surface area contributed by atoms with Crippen LogP contribution in [0.4, 0.5) is 30.8 Å². The van der Waals surface area contributed by atoms with Crippen LogP contribution in [0, 0.1) is 0 Å². The molecule has 2 heterocycles. The van der Waals surface area contributed by atoms with Crippen molar-refractivity contribution >= 4 is 50.1 Å². The van der Waals surface area contributed by atoms with Crippen LogP contribution in [0.15, 0.2) is 71.5 Å². The molecule has 32 heavy (non-hydrogen) atoms. The van der Waals surface area contributed by atoms with Crippen LogP contribution >= 0.6 is 15.9 Å². The fourth-order valence-corrected chi connectivity index (χ4v) is 3.70. The van der Waals surface area contributed by atoms with Gasteiger partial charge < -0.3 is 25.7 Å². The number of urea groups is 1. The number of hydrogen-bond donors (Lipinski definition) is 3. The van der Waals surface area contributed by atoms with Gasteiger partial charge >= 0.3 is 12.6 Å². The van der Waals surface area contributed by atoms with Gasteiger partial charge in [0, 0.05) is 28.8 Å². The number of halogens is 3. The molecule has 2 amide bonds. The first-order valence-electron chi connectivity index (χ1n) is 9.49. The van der Waals surface area contributed by atoms with Crippen molar-refractivity contribution in [3.8, 4) is 5.75 Å². The SMILES string of the molecule is Nc1cc(Cn2ccc3c(NC(=O)Nc4cc(Br)ccc4OC(F)F)cccc32)ccn1. The molecule has 0 spiro atoms. The molecule has 0 bridgehead atoms. The van der Waals surface area contributed by atoms with E-state index in [0.29, 0.717) is 22.5 Å². The fourth-order valence-electron chi connectivity index (χ4n) is 3.33. The Morgan fingerprint density at radius 2 is 1.94 bits per heavy atom. The van der Waals surface area contributed by atoms with Crippen molar-refractivity contribution in [2.75, 3.05) is 16.4 Å². The zero-order valence-electron chi connectivity index (χ0n) is 16.6. The summed E-state index contributed by atoms with van der Waals surface area (Å²) in [6.45, 7) is -2.43. The number of aromatic nitrogens is 2.